The number of carbonyl (C=O) groups is 3. The summed E-state index contributed by atoms with van der Waals surface area (Å²) in [7, 11) is 3.08. The molecule has 4 aromatic carbocycles. The Morgan fingerprint density at radius 1 is 0.872 bits per heavy atom. The molecule has 0 saturated carbocycles. The predicted octanol–water partition coefficient (Wildman–Crippen LogP) is 6.32. The van der Waals surface area contributed by atoms with Gasteiger partial charge in [-0.15, -0.1) is 11.8 Å². The van der Waals surface area contributed by atoms with Crippen LogP contribution >= 0.6 is 11.8 Å². The number of ether oxygens (including phenoxy) is 2. The lowest BCUT2D eigenvalue weighted by atomic mass is 9.98. The number of carbonyl (C=O) groups excluding carboxylic acids is 2. The van der Waals surface area contributed by atoms with Gasteiger partial charge < -0.3 is 25.2 Å². The van der Waals surface area contributed by atoms with Crippen molar-refractivity contribution in [1.82, 2.24) is 0 Å². The van der Waals surface area contributed by atoms with E-state index in [1.54, 1.807) is 73.8 Å². The van der Waals surface area contributed by atoms with Crippen LogP contribution in [0.2, 0.25) is 0 Å². The molecule has 0 aliphatic heterocycles. The van der Waals surface area contributed by atoms with Crippen LogP contribution in [0, 0.1) is 0 Å². The molecule has 0 aliphatic carbocycles. The molecule has 4 rings (SSSR count). The van der Waals surface area contributed by atoms with E-state index < -0.39 is 17.1 Å². The summed E-state index contributed by atoms with van der Waals surface area (Å²) < 4.78 is 10.6. The molecular formula is C30H28N2O6S. The average molecular weight is 545 g/mol. The normalized spacial score (nSPS) is 11.5. The van der Waals surface area contributed by atoms with E-state index in [-0.39, 0.29) is 17.0 Å². The molecule has 39 heavy (non-hydrogen) atoms. The lowest BCUT2D eigenvalue weighted by Crippen LogP contribution is -2.24. The van der Waals surface area contributed by atoms with Crippen molar-refractivity contribution < 1.29 is 29.0 Å². The van der Waals surface area contributed by atoms with Crippen LogP contribution in [-0.2, 0) is 4.79 Å². The summed E-state index contributed by atoms with van der Waals surface area (Å²) in [6.07, 6.45) is 0.563. The van der Waals surface area contributed by atoms with Crippen LogP contribution in [0.1, 0.15) is 34.1 Å². The van der Waals surface area contributed by atoms with Gasteiger partial charge in [0.05, 0.1) is 30.7 Å². The van der Waals surface area contributed by atoms with Gasteiger partial charge in [-0.05, 0) is 54.3 Å². The van der Waals surface area contributed by atoms with Gasteiger partial charge in [-0.1, -0.05) is 37.3 Å². The van der Waals surface area contributed by atoms with Crippen LogP contribution in [0.15, 0.2) is 83.8 Å². The first kappa shape index (κ1) is 27.5. The summed E-state index contributed by atoms with van der Waals surface area (Å²) in [6, 6.07) is 22.4. The van der Waals surface area contributed by atoms with Crippen LogP contribution in [0.5, 0.6) is 11.5 Å². The van der Waals surface area contributed by atoms with Gasteiger partial charge in [0, 0.05) is 27.6 Å². The average Bonchev–Trinajstić information content (AvgIpc) is 2.95. The number of carboxylic acids is 1. The van der Waals surface area contributed by atoms with Gasteiger partial charge in [0.1, 0.15) is 11.5 Å². The first-order chi connectivity index (χ1) is 18.8. The molecule has 3 N–H and O–H groups in total. The monoisotopic (exact) mass is 544 g/mol. The lowest BCUT2D eigenvalue weighted by molar-refractivity contribution is -0.115. The van der Waals surface area contributed by atoms with Crippen molar-refractivity contribution in [3.05, 3.63) is 90.0 Å². The van der Waals surface area contributed by atoms with E-state index in [4.69, 9.17) is 9.47 Å². The number of carboxylic acid groups (broad SMARTS) is 1. The number of hydrogen-bond acceptors (Lipinski definition) is 6. The molecule has 8 nitrogen and oxygen atoms in total. The molecule has 4 aromatic rings. The third-order valence-corrected chi connectivity index (χ3v) is 7.44. The summed E-state index contributed by atoms with van der Waals surface area (Å²) >= 11 is 1.37. The molecule has 0 spiro atoms. The largest absolute Gasteiger partial charge is 0.497 e. The van der Waals surface area contributed by atoms with Gasteiger partial charge in [-0.25, -0.2) is 4.79 Å². The number of nitrogens with one attached hydrogen (secondary N) is 2. The maximum Gasteiger partial charge on any atom is 0.336 e. The number of anilines is 2. The van der Waals surface area contributed by atoms with Crippen molar-refractivity contribution in [3.63, 3.8) is 0 Å². The van der Waals surface area contributed by atoms with E-state index in [9.17, 15) is 19.5 Å². The summed E-state index contributed by atoms with van der Waals surface area (Å²) in [5, 5.41) is 16.1. The molecule has 0 fully saturated rings. The van der Waals surface area contributed by atoms with Crippen LogP contribution < -0.4 is 20.1 Å². The standard InChI is InChI=1S/C30H28N2O6S/c1-4-26(29(34)32-24-17-20(37-2)14-15-25(24)38-3)39-21-11-7-10-19(16-21)31-28(33)22-12-5-8-18-9-6-13-23(27(18)22)30(35)36/h5-17,26H,4H2,1-3H3,(H,31,33)(H,32,34)(H,35,36). The Morgan fingerprint density at radius 3 is 2.26 bits per heavy atom. The molecule has 1 atom stereocenters. The fourth-order valence-electron chi connectivity index (χ4n) is 4.17. The van der Waals surface area contributed by atoms with Crippen LogP contribution in [0.25, 0.3) is 10.8 Å². The van der Waals surface area contributed by atoms with E-state index in [2.05, 4.69) is 10.6 Å². The molecule has 0 bridgehead atoms. The molecule has 0 aliphatic rings. The zero-order chi connectivity index (χ0) is 27.9. The Kier molecular flexibility index (Phi) is 8.73. The zero-order valence-electron chi connectivity index (χ0n) is 21.7. The fourth-order valence-corrected chi connectivity index (χ4v) is 5.18. The molecule has 9 heteroatoms. The second-order valence-electron chi connectivity index (χ2n) is 8.57. The SMILES string of the molecule is CCC(Sc1cccc(NC(=O)c2cccc3cccc(C(=O)O)c23)c1)C(=O)Nc1cc(OC)ccc1OC. The van der Waals surface area contributed by atoms with Crippen molar-refractivity contribution in [2.24, 2.45) is 0 Å². The predicted molar refractivity (Wildman–Crippen MR) is 153 cm³/mol. The Morgan fingerprint density at radius 2 is 1.59 bits per heavy atom. The van der Waals surface area contributed by atoms with E-state index in [1.165, 1.54) is 24.9 Å². The van der Waals surface area contributed by atoms with Crippen LogP contribution in [-0.4, -0.2) is 42.4 Å². The van der Waals surface area contributed by atoms with Crippen molar-refractivity contribution in [3.8, 4) is 11.5 Å². The minimum atomic E-state index is -1.10. The summed E-state index contributed by atoms with van der Waals surface area (Å²) in [5.41, 5.74) is 1.37. The molecule has 0 heterocycles. The van der Waals surface area contributed by atoms with Crippen molar-refractivity contribution in [2.45, 2.75) is 23.5 Å². The van der Waals surface area contributed by atoms with Gasteiger partial charge in [-0.3, -0.25) is 9.59 Å². The summed E-state index contributed by atoms with van der Waals surface area (Å²) in [4.78, 5) is 38.9. The molecule has 2 amide bonds. The Hall–Kier alpha value is -4.50. The van der Waals surface area contributed by atoms with Crippen molar-refractivity contribution in [1.29, 1.82) is 0 Å². The number of benzene rings is 4. The van der Waals surface area contributed by atoms with Gasteiger partial charge >= 0.3 is 5.97 Å². The number of amides is 2. The van der Waals surface area contributed by atoms with E-state index in [1.807, 2.05) is 13.0 Å². The number of fused-ring (bicyclic) bond motifs is 1. The molecule has 1 unspecified atom stereocenters. The topological polar surface area (TPSA) is 114 Å². The van der Waals surface area contributed by atoms with Gasteiger partial charge in [0.25, 0.3) is 5.91 Å². The highest BCUT2D eigenvalue weighted by Gasteiger charge is 2.21. The van der Waals surface area contributed by atoms with Crippen molar-refractivity contribution >= 4 is 51.7 Å². The molecule has 0 saturated heterocycles. The fraction of sp³-hybridized carbons (Fsp3) is 0.167. The first-order valence-corrected chi connectivity index (χ1v) is 13.1. The Balaban J connectivity index is 1.52. The van der Waals surface area contributed by atoms with Crippen molar-refractivity contribution in [2.75, 3.05) is 24.9 Å². The maximum atomic E-state index is 13.2. The summed E-state index contributed by atoms with van der Waals surface area (Å²) in [5.74, 6) is -0.605. The number of hydrogen-bond donors (Lipinski definition) is 3. The Bertz CT molecular complexity index is 1530. The smallest absolute Gasteiger partial charge is 0.336 e. The maximum absolute atomic E-state index is 13.2. The second-order valence-corrected chi connectivity index (χ2v) is 9.84. The molecular weight excluding hydrogens is 516 g/mol. The minimum absolute atomic E-state index is 0.0621. The third-order valence-electron chi connectivity index (χ3n) is 6.08. The second kappa shape index (κ2) is 12.4. The third kappa shape index (κ3) is 6.32. The number of thioether (sulfide) groups is 1. The highest BCUT2D eigenvalue weighted by Crippen LogP contribution is 2.32. The highest BCUT2D eigenvalue weighted by atomic mass is 32.2. The minimum Gasteiger partial charge on any atom is -0.497 e. The van der Waals surface area contributed by atoms with Gasteiger partial charge in [0.2, 0.25) is 5.91 Å². The zero-order valence-corrected chi connectivity index (χ0v) is 22.5. The van der Waals surface area contributed by atoms with Gasteiger partial charge in [0.15, 0.2) is 0 Å². The lowest BCUT2D eigenvalue weighted by Gasteiger charge is -2.17. The Labute approximate surface area is 230 Å². The molecule has 200 valence electrons. The van der Waals surface area contributed by atoms with E-state index >= 15 is 0 Å². The highest BCUT2D eigenvalue weighted by molar-refractivity contribution is 8.00. The molecule has 0 aromatic heterocycles. The van der Waals surface area contributed by atoms with E-state index in [0.717, 1.165) is 4.90 Å². The van der Waals surface area contributed by atoms with Crippen LogP contribution in [0.4, 0.5) is 11.4 Å². The molecule has 0 radical (unpaired) electrons. The number of rotatable bonds is 10. The summed E-state index contributed by atoms with van der Waals surface area (Å²) in [6.45, 7) is 1.92. The van der Waals surface area contributed by atoms with Gasteiger partial charge in [-0.2, -0.15) is 0 Å². The quantitative estimate of drug-likeness (QED) is 0.200. The number of methoxy groups -OCH3 is 2. The van der Waals surface area contributed by atoms with E-state index in [0.29, 0.717) is 40.1 Å². The van der Waals surface area contributed by atoms with Crippen LogP contribution in [0.3, 0.4) is 0 Å². The first-order valence-electron chi connectivity index (χ1n) is 12.2. The number of aromatic carboxylic acids is 1.